The van der Waals surface area contributed by atoms with E-state index in [2.05, 4.69) is 10.3 Å². The predicted octanol–water partition coefficient (Wildman–Crippen LogP) is 2.65. The van der Waals surface area contributed by atoms with E-state index in [1.165, 1.54) is 6.20 Å². The second-order valence-electron chi connectivity index (χ2n) is 5.50. The molecule has 7 nitrogen and oxygen atoms in total. The minimum Gasteiger partial charge on any atom is -0.492 e. The minimum atomic E-state index is -0.203. The van der Waals surface area contributed by atoms with Gasteiger partial charge in [0.15, 0.2) is 0 Å². The number of nitrogens with one attached hydrogen (secondary N) is 1. The molecule has 0 bridgehead atoms. The number of urea groups is 1. The van der Waals surface area contributed by atoms with Gasteiger partial charge in [0.2, 0.25) is 5.88 Å². The summed E-state index contributed by atoms with van der Waals surface area (Å²) in [6.45, 7) is 3.34. The van der Waals surface area contributed by atoms with Gasteiger partial charge in [-0.1, -0.05) is 12.1 Å². The first kappa shape index (κ1) is 16.6. The predicted molar refractivity (Wildman–Crippen MR) is 91.6 cm³/mol. The Morgan fingerprint density at radius 2 is 2.20 bits per heavy atom. The van der Waals surface area contributed by atoms with Crippen LogP contribution < -0.4 is 14.8 Å². The van der Waals surface area contributed by atoms with Crippen LogP contribution >= 0.6 is 0 Å². The number of hydrogen-bond donors (Lipinski definition) is 1. The molecule has 2 heterocycles. The van der Waals surface area contributed by atoms with Gasteiger partial charge in [-0.3, -0.25) is 0 Å². The molecule has 1 aliphatic heterocycles. The second kappa shape index (κ2) is 7.53. The van der Waals surface area contributed by atoms with Crippen LogP contribution in [0.15, 0.2) is 42.6 Å². The molecule has 1 aromatic carbocycles. The maximum atomic E-state index is 12.3. The summed E-state index contributed by atoms with van der Waals surface area (Å²) < 4.78 is 11.2. The van der Waals surface area contributed by atoms with E-state index in [0.717, 1.165) is 0 Å². The maximum Gasteiger partial charge on any atom is 0.322 e. The molecule has 0 aliphatic carbocycles. The maximum absolute atomic E-state index is 12.3. The van der Waals surface area contributed by atoms with Gasteiger partial charge in [-0.05, 0) is 25.1 Å². The molecule has 1 saturated heterocycles. The van der Waals surface area contributed by atoms with Gasteiger partial charge in [0.1, 0.15) is 11.9 Å². The van der Waals surface area contributed by atoms with Crippen molar-refractivity contribution in [1.82, 2.24) is 9.88 Å². The number of pyridine rings is 1. The largest absolute Gasteiger partial charge is 0.492 e. The first-order valence-electron chi connectivity index (χ1n) is 8.00. The molecule has 0 atom stereocenters. The van der Waals surface area contributed by atoms with E-state index in [1.807, 2.05) is 31.2 Å². The number of benzene rings is 1. The van der Waals surface area contributed by atoms with Gasteiger partial charge in [-0.25, -0.2) is 9.78 Å². The molecule has 1 aliphatic rings. The van der Waals surface area contributed by atoms with Crippen molar-refractivity contribution < 1.29 is 14.3 Å². The zero-order valence-corrected chi connectivity index (χ0v) is 13.8. The number of hydrogen-bond acceptors (Lipinski definition) is 5. The van der Waals surface area contributed by atoms with Crippen LogP contribution in [-0.2, 0) is 0 Å². The normalized spacial score (nSPS) is 13.5. The number of rotatable bonds is 5. The Hall–Kier alpha value is -3.27. The van der Waals surface area contributed by atoms with Gasteiger partial charge in [0, 0.05) is 12.3 Å². The second-order valence-corrected chi connectivity index (χ2v) is 5.50. The van der Waals surface area contributed by atoms with Gasteiger partial charge >= 0.3 is 6.03 Å². The highest BCUT2D eigenvalue weighted by Crippen LogP contribution is 2.25. The number of anilines is 1. The Balaban J connectivity index is 1.52. The molecule has 3 rings (SSSR count). The minimum absolute atomic E-state index is 0.130. The van der Waals surface area contributed by atoms with Crippen molar-refractivity contribution in [3.63, 3.8) is 0 Å². The summed E-state index contributed by atoms with van der Waals surface area (Å²) in [6.07, 6.45) is 1.40. The van der Waals surface area contributed by atoms with Gasteiger partial charge in [-0.2, -0.15) is 5.26 Å². The highest BCUT2D eigenvalue weighted by atomic mass is 16.5. The van der Waals surface area contributed by atoms with E-state index >= 15 is 0 Å². The lowest BCUT2D eigenvalue weighted by molar-refractivity contribution is 0.0460. The molecule has 0 radical (unpaired) electrons. The molecule has 0 unspecified atom stereocenters. The smallest absolute Gasteiger partial charge is 0.322 e. The molecule has 2 aromatic rings. The molecule has 1 aromatic heterocycles. The summed E-state index contributed by atoms with van der Waals surface area (Å²) in [5.41, 5.74) is 1.13. The van der Waals surface area contributed by atoms with E-state index < -0.39 is 0 Å². The lowest BCUT2D eigenvalue weighted by Gasteiger charge is -2.38. The number of para-hydroxylation sites is 2. The molecule has 0 saturated carbocycles. The molecule has 128 valence electrons. The molecular weight excluding hydrogens is 320 g/mol. The van der Waals surface area contributed by atoms with Crippen molar-refractivity contribution >= 4 is 11.7 Å². The lowest BCUT2D eigenvalue weighted by Crippen LogP contribution is -2.57. The van der Waals surface area contributed by atoms with Crippen molar-refractivity contribution in [3.8, 4) is 17.7 Å². The molecule has 1 fully saturated rings. The van der Waals surface area contributed by atoms with Crippen LogP contribution in [0, 0.1) is 11.3 Å². The highest BCUT2D eigenvalue weighted by Gasteiger charge is 2.33. The van der Waals surface area contributed by atoms with E-state index in [0.29, 0.717) is 42.6 Å². The third kappa shape index (κ3) is 3.98. The van der Waals surface area contributed by atoms with E-state index in [1.54, 1.807) is 23.1 Å². The Morgan fingerprint density at radius 1 is 1.40 bits per heavy atom. The highest BCUT2D eigenvalue weighted by molar-refractivity contribution is 5.91. The monoisotopic (exact) mass is 338 g/mol. The van der Waals surface area contributed by atoms with Crippen LogP contribution in [0.5, 0.6) is 11.6 Å². The third-order valence-electron chi connectivity index (χ3n) is 3.72. The average molecular weight is 338 g/mol. The number of carbonyl (C=O) groups is 1. The van der Waals surface area contributed by atoms with E-state index in [9.17, 15) is 4.79 Å². The summed E-state index contributed by atoms with van der Waals surface area (Å²) in [4.78, 5) is 18.0. The Kier molecular flexibility index (Phi) is 5.00. The number of aromatic nitrogens is 1. The van der Waals surface area contributed by atoms with Crippen LogP contribution in [0.3, 0.4) is 0 Å². The van der Waals surface area contributed by atoms with E-state index in [-0.39, 0.29) is 12.1 Å². The number of amides is 2. The molecule has 25 heavy (non-hydrogen) atoms. The number of ether oxygens (including phenoxy) is 2. The summed E-state index contributed by atoms with van der Waals surface area (Å²) in [5, 5.41) is 11.7. The Labute approximate surface area is 145 Å². The quantitative estimate of drug-likeness (QED) is 0.905. The van der Waals surface area contributed by atoms with Crippen molar-refractivity contribution in [1.29, 1.82) is 5.26 Å². The summed E-state index contributed by atoms with van der Waals surface area (Å²) in [6, 6.07) is 12.3. The summed E-state index contributed by atoms with van der Waals surface area (Å²) in [5.74, 6) is 1.04. The van der Waals surface area contributed by atoms with Gasteiger partial charge in [0.25, 0.3) is 0 Å². The third-order valence-corrected chi connectivity index (χ3v) is 3.72. The van der Waals surface area contributed by atoms with Gasteiger partial charge < -0.3 is 19.7 Å². The fourth-order valence-corrected chi connectivity index (χ4v) is 2.44. The molecule has 7 heteroatoms. The van der Waals surface area contributed by atoms with Crippen LogP contribution in [0.25, 0.3) is 0 Å². The van der Waals surface area contributed by atoms with Crippen molar-refractivity contribution in [2.75, 3.05) is 25.0 Å². The van der Waals surface area contributed by atoms with Crippen LogP contribution in [0.1, 0.15) is 12.5 Å². The zero-order chi connectivity index (χ0) is 17.6. The topological polar surface area (TPSA) is 87.5 Å². The van der Waals surface area contributed by atoms with Gasteiger partial charge in [0.05, 0.1) is 37.0 Å². The first-order chi connectivity index (χ1) is 12.2. The molecule has 1 N–H and O–H groups in total. The Morgan fingerprint density at radius 3 is 2.96 bits per heavy atom. The van der Waals surface area contributed by atoms with Crippen molar-refractivity contribution in [2.45, 2.75) is 13.0 Å². The molecule has 0 spiro atoms. The van der Waals surface area contributed by atoms with Crippen LogP contribution in [0.2, 0.25) is 0 Å². The van der Waals surface area contributed by atoms with Crippen molar-refractivity contribution in [3.05, 3.63) is 48.2 Å². The molecule has 2 amide bonds. The number of nitriles is 1. The van der Waals surface area contributed by atoms with Gasteiger partial charge in [-0.15, -0.1) is 0 Å². The first-order valence-corrected chi connectivity index (χ1v) is 8.00. The lowest BCUT2D eigenvalue weighted by atomic mass is 10.2. The summed E-state index contributed by atoms with van der Waals surface area (Å²) in [7, 11) is 0. The number of nitrogens with zero attached hydrogens (tertiary/aromatic N) is 3. The van der Waals surface area contributed by atoms with Crippen LogP contribution in [-0.4, -0.2) is 41.7 Å². The summed E-state index contributed by atoms with van der Waals surface area (Å²) >= 11 is 0. The average Bonchev–Trinajstić information content (AvgIpc) is 2.59. The fraction of sp³-hybridized carbons (Fsp3) is 0.278. The molecular formula is C18H18N4O3. The SMILES string of the molecule is CCOc1ccccc1NC(=O)N1CC(Oc2cc(C#N)ccn2)C1. The fourth-order valence-electron chi connectivity index (χ4n) is 2.44. The standard InChI is InChI=1S/C18H18N4O3/c1-2-24-16-6-4-3-5-15(16)21-18(23)22-11-14(12-22)25-17-9-13(10-19)7-8-20-17/h3-9,14H,2,11-12H2,1H3,(H,21,23). The zero-order valence-electron chi connectivity index (χ0n) is 13.8. The Bertz CT molecular complexity index is 797. The van der Waals surface area contributed by atoms with Crippen LogP contribution in [0.4, 0.5) is 10.5 Å². The number of likely N-dealkylation sites (tertiary alicyclic amines) is 1. The van der Waals surface area contributed by atoms with Crippen molar-refractivity contribution in [2.24, 2.45) is 0 Å². The van der Waals surface area contributed by atoms with E-state index in [4.69, 9.17) is 14.7 Å². The number of carbonyl (C=O) groups excluding carboxylic acids is 1.